The van der Waals surface area contributed by atoms with Crippen LogP contribution in [0.3, 0.4) is 0 Å². The van der Waals surface area contributed by atoms with Crippen LogP contribution >= 0.6 is 15.9 Å². The number of fused-ring (bicyclic) bond motifs is 2. The highest BCUT2D eigenvalue weighted by Crippen LogP contribution is 2.49. The highest BCUT2D eigenvalue weighted by Gasteiger charge is 2.44. The number of hydrogen-bond acceptors (Lipinski definition) is 1. The van der Waals surface area contributed by atoms with E-state index in [1.807, 2.05) is 4.99 Å². The lowest BCUT2D eigenvalue weighted by atomic mass is 9.72. The van der Waals surface area contributed by atoms with Gasteiger partial charge in [0.1, 0.15) is 11.4 Å². The Hall–Kier alpha value is -0.240. The standard InChI is InChI=1S/C10H13BrO/c1-9-3-5-10(2,6-4-9)12-8(9)7-11/h3,5,7H,4,6H2,1-2H3/b8-7-/t9-,10+/m1/s1. The molecule has 0 aromatic rings. The largest absolute Gasteiger partial charge is 0.486 e. The first kappa shape index (κ1) is 8.36. The van der Waals surface area contributed by atoms with E-state index in [-0.39, 0.29) is 11.0 Å². The fourth-order valence-corrected chi connectivity index (χ4v) is 2.46. The van der Waals surface area contributed by atoms with E-state index in [9.17, 15) is 0 Å². The van der Waals surface area contributed by atoms with Crippen molar-refractivity contribution in [3.8, 4) is 0 Å². The van der Waals surface area contributed by atoms with E-state index in [1.54, 1.807) is 0 Å². The Balaban J connectivity index is 2.44. The van der Waals surface area contributed by atoms with Crippen molar-refractivity contribution in [1.29, 1.82) is 0 Å². The van der Waals surface area contributed by atoms with Crippen molar-refractivity contribution in [1.82, 2.24) is 0 Å². The lowest BCUT2D eigenvalue weighted by molar-refractivity contribution is -0.0315. The average molecular weight is 229 g/mol. The number of halogens is 1. The maximum Gasteiger partial charge on any atom is 0.124 e. The predicted molar refractivity (Wildman–Crippen MR) is 53.0 cm³/mol. The molecule has 0 spiro atoms. The van der Waals surface area contributed by atoms with Gasteiger partial charge in [-0.3, -0.25) is 0 Å². The van der Waals surface area contributed by atoms with Gasteiger partial charge < -0.3 is 4.74 Å². The van der Waals surface area contributed by atoms with Crippen LogP contribution in [0.4, 0.5) is 0 Å². The van der Waals surface area contributed by atoms with Crippen molar-refractivity contribution in [3.05, 3.63) is 22.9 Å². The fourth-order valence-electron chi connectivity index (χ4n) is 1.84. The molecule has 0 unspecified atom stereocenters. The summed E-state index contributed by atoms with van der Waals surface area (Å²) in [6.45, 7) is 4.36. The van der Waals surface area contributed by atoms with Crippen LogP contribution in [0, 0.1) is 5.41 Å². The first-order valence-electron chi connectivity index (χ1n) is 4.28. The van der Waals surface area contributed by atoms with E-state index >= 15 is 0 Å². The highest BCUT2D eigenvalue weighted by molar-refractivity contribution is 9.11. The van der Waals surface area contributed by atoms with Gasteiger partial charge in [0.05, 0.1) is 0 Å². The van der Waals surface area contributed by atoms with Gasteiger partial charge in [0, 0.05) is 10.4 Å². The molecule has 2 bridgehead atoms. The molecule has 0 amide bonds. The molecule has 0 aromatic heterocycles. The molecule has 12 heavy (non-hydrogen) atoms. The summed E-state index contributed by atoms with van der Waals surface area (Å²) in [7, 11) is 0. The zero-order valence-electron chi connectivity index (χ0n) is 7.43. The third-order valence-corrected chi connectivity index (χ3v) is 3.37. The summed E-state index contributed by atoms with van der Waals surface area (Å²) in [5, 5.41) is 0. The lowest BCUT2D eigenvalue weighted by Crippen LogP contribution is -2.42. The van der Waals surface area contributed by atoms with E-state index in [4.69, 9.17) is 4.74 Å². The summed E-state index contributed by atoms with van der Waals surface area (Å²) in [6, 6.07) is 0. The second-order valence-electron chi connectivity index (χ2n) is 4.14. The lowest BCUT2D eigenvalue weighted by Gasteiger charge is -2.47. The van der Waals surface area contributed by atoms with E-state index in [0.29, 0.717) is 0 Å². The van der Waals surface area contributed by atoms with Crippen LogP contribution in [0.5, 0.6) is 0 Å². The molecule has 2 atom stereocenters. The van der Waals surface area contributed by atoms with Gasteiger partial charge in [0.2, 0.25) is 0 Å². The summed E-state index contributed by atoms with van der Waals surface area (Å²) in [5.74, 6) is 1.07. The van der Waals surface area contributed by atoms with Gasteiger partial charge in [-0.05, 0) is 32.8 Å². The van der Waals surface area contributed by atoms with Crippen molar-refractivity contribution in [2.45, 2.75) is 32.3 Å². The molecule has 3 aliphatic rings. The Morgan fingerprint density at radius 2 is 2.17 bits per heavy atom. The molecule has 66 valence electrons. The van der Waals surface area contributed by atoms with E-state index in [0.717, 1.165) is 12.2 Å². The van der Waals surface area contributed by atoms with Gasteiger partial charge in [-0.2, -0.15) is 0 Å². The second kappa shape index (κ2) is 2.38. The van der Waals surface area contributed by atoms with Gasteiger partial charge in [0.15, 0.2) is 0 Å². The van der Waals surface area contributed by atoms with Crippen molar-refractivity contribution in [2.75, 3.05) is 0 Å². The molecular formula is C10H13BrO. The summed E-state index contributed by atoms with van der Waals surface area (Å²) in [6.07, 6.45) is 6.78. The first-order chi connectivity index (χ1) is 5.58. The molecule has 0 radical (unpaired) electrons. The Morgan fingerprint density at radius 1 is 1.42 bits per heavy atom. The Labute approximate surface area is 81.6 Å². The summed E-state index contributed by atoms with van der Waals surface area (Å²) < 4.78 is 5.85. The number of ether oxygens (including phenoxy) is 1. The first-order valence-corrected chi connectivity index (χ1v) is 5.20. The minimum Gasteiger partial charge on any atom is -0.486 e. The maximum absolute atomic E-state index is 5.85. The van der Waals surface area contributed by atoms with Crippen LogP contribution in [-0.2, 0) is 4.74 Å². The van der Waals surface area contributed by atoms with Crippen LogP contribution in [0.15, 0.2) is 22.9 Å². The van der Waals surface area contributed by atoms with Gasteiger partial charge in [-0.25, -0.2) is 0 Å². The van der Waals surface area contributed by atoms with Crippen LogP contribution in [-0.4, -0.2) is 5.60 Å². The molecule has 0 saturated carbocycles. The van der Waals surface area contributed by atoms with Gasteiger partial charge in [-0.1, -0.05) is 22.0 Å². The smallest absolute Gasteiger partial charge is 0.124 e. The molecule has 1 nitrogen and oxygen atoms in total. The van der Waals surface area contributed by atoms with Gasteiger partial charge >= 0.3 is 0 Å². The topological polar surface area (TPSA) is 9.23 Å². The fraction of sp³-hybridized carbons (Fsp3) is 0.600. The monoisotopic (exact) mass is 228 g/mol. The third kappa shape index (κ3) is 1.05. The highest BCUT2D eigenvalue weighted by atomic mass is 79.9. The summed E-state index contributed by atoms with van der Waals surface area (Å²) in [5.41, 5.74) is 0.0959. The van der Waals surface area contributed by atoms with Crippen molar-refractivity contribution >= 4 is 15.9 Å². The van der Waals surface area contributed by atoms with Crippen molar-refractivity contribution < 1.29 is 4.74 Å². The van der Waals surface area contributed by atoms with E-state index < -0.39 is 0 Å². The number of allylic oxidation sites excluding steroid dienone is 1. The van der Waals surface area contributed by atoms with Crippen LogP contribution < -0.4 is 0 Å². The molecule has 2 aliphatic heterocycles. The molecule has 1 saturated heterocycles. The minimum atomic E-state index is -0.0443. The maximum atomic E-state index is 5.85. The third-order valence-electron chi connectivity index (χ3n) is 2.95. The summed E-state index contributed by atoms with van der Waals surface area (Å²) >= 11 is 3.35. The molecule has 1 fully saturated rings. The molecule has 2 heteroatoms. The zero-order chi connectivity index (χ0) is 8.82. The van der Waals surface area contributed by atoms with Crippen molar-refractivity contribution in [2.24, 2.45) is 5.41 Å². The second-order valence-corrected chi connectivity index (χ2v) is 4.60. The van der Waals surface area contributed by atoms with Crippen LogP contribution in [0.25, 0.3) is 0 Å². The predicted octanol–water partition coefficient (Wildman–Crippen LogP) is 3.37. The molecule has 3 rings (SSSR count). The van der Waals surface area contributed by atoms with E-state index in [2.05, 4.69) is 41.9 Å². The molecule has 0 N–H and O–H groups in total. The van der Waals surface area contributed by atoms with Crippen molar-refractivity contribution in [3.63, 3.8) is 0 Å². The van der Waals surface area contributed by atoms with Gasteiger partial charge in [0.25, 0.3) is 0 Å². The van der Waals surface area contributed by atoms with Crippen LogP contribution in [0.1, 0.15) is 26.7 Å². The number of rotatable bonds is 0. The van der Waals surface area contributed by atoms with Crippen LogP contribution in [0.2, 0.25) is 0 Å². The SMILES string of the molecule is C[C@]12C=C[C@](C)(CC1)/C(=C/Br)O2. The molecular weight excluding hydrogens is 216 g/mol. The summed E-state index contributed by atoms with van der Waals surface area (Å²) in [4.78, 5) is 1.91. The van der Waals surface area contributed by atoms with E-state index in [1.165, 1.54) is 6.42 Å². The average Bonchev–Trinajstić information content (AvgIpc) is 2.07. The molecule has 2 heterocycles. The molecule has 1 aliphatic carbocycles. The Kier molecular flexibility index (Phi) is 1.66. The number of hydrogen-bond donors (Lipinski definition) is 0. The quantitative estimate of drug-likeness (QED) is 0.578. The Morgan fingerprint density at radius 3 is 2.58 bits per heavy atom. The van der Waals surface area contributed by atoms with Gasteiger partial charge in [-0.15, -0.1) is 0 Å². The zero-order valence-corrected chi connectivity index (χ0v) is 9.02. The minimum absolute atomic E-state index is 0.0443. The normalized spacial score (nSPS) is 48.1. The Bertz CT molecular complexity index is 269. The molecule has 0 aromatic carbocycles.